The molecule has 0 spiro atoms. The third-order valence-corrected chi connectivity index (χ3v) is 7.03. The van der Waals surface area contributed by atoms with Gasteiger partial charge in [0, 0.05) is 22.3 Å². The lowest BCUT2D eigenvalue weighted by Crippen LogP contribution is -2.28. The maximum absolute atomic E-state index is 12.8. The molecule has 0 aromatic heterocycles. The van der Waals surface area contributed by atoms with Crippen LogP contribution in [0.4, 0.5) is 5.69 Å². The number of halogens is 2. The van der Waals surface area contributed by atoms with E-state index in [0.717, 1.165) is 16.7 Å². The van der Waals surface area contributed by atoms with Gasteiger partial charge >= 0.3 is 0 Å². The summed E-state index contributed by atoms with van der Waals surface area (Å²) in [6.07, 6.45) is 0. The van der Waals surface area contributed by atoms with Gasteiger partial charge in [-0.15, -0.1) is 0 Å². The van der Waals surface area contributed by atoms with Gasteiger partial charge in [0.25, 0.3) is 15.9 Å². The molecule has 0 atom stereocenters. The molecule has 9 heteroatoms. The van der Waals surface area contributed by atoms with Crippen LogP contribution in [-0.2, 0) is 21.4 Å². The highest BCUT2D eigenvalue weighted by Gasteiger charge is 2.16. The molecule has 0 saturated heterocycles. The maximum atomic E-state index is 12.8. The summed E-state index contributed by atoms with van der Waals surface area (Å²) in [6, 6.07) is 14.9. The van der Waals surface area contributed by atoms with Crippen LogP contribution in [0.2, 0.25) is 10.0 Å². The molecule has 33 heavy (non-hydrogen) atoms. The molecular formula is C24H24Cl2N2O4S. The largest absolute Gasteiger partial charge is 0.484 e. The van der Waals surface area contributed by atoms with Gasteiger partial charge in [-0.25, -0.2) is 8.42 Å². The summed E-state index contributed by atoms with van der Waals surface area (Å²) in [7, 11) is -3.77. The van der Waals surface area contributed by atoms with Crippen LogP contribution in [0, 0.1) is 20.8 Å². The van der Waals surface area contributed by atoms with Gasteiger partial charge in [0.2, 0.25) is 0 Å². The number of benzene rings is 3. The van der Waals surface area contributed by atoms with Crippen LogP contribution in [0.15, 0.2) is 59.5 Å². The first-order valence-corrected chi connectivity index (χ1v) is 12.3. The Morgan fingerprint density at radius 2 is 1.67 bits per heavy atom. The number of ether oxygens (including phenoxy) is 1. The molecule has 3 aromatic carbocycles. The van der Waals surface area contributed by atoms with Crippen LogP contribution >= 0.6 is 23.2 Å². The lowest BCUT2D eigenvalue weighted by molar-refractivity contribution is -0.123. The topological polar surface area (TPSA) is 84.5 Å². The number of aryl methyl sites for hydroxylation is 3. The molecule has 2 N–H and O–H groups in total. The van der Waals surface area contributed by atoms with E-state index in [0.29, 0.717) is 27.0 Å². The third kappa shape index (κ3) is 6.63. The van der Waals surface area contributed by atoms with Crippen LogP contribution < -0.4 is 14.8 Å². The van der Waals surface area contributed by atoms with Gasteiger partial charge in [-0.05, 0) is 85.5 Å². The predicted octanol–water partition coefficient (Wildman–Crippen LogP) is 5.41. The van der Waals surface area contributed by atoms with E-state index >= 15 is 0 Å². The maximum Gasteiger partial charge on any atom is 0.261 e. The van der Waals surface area contributed by atoms with Gasteiger partial charge in [-0.1, -0.05) is 35.3 Å². The van der Waals surface area contributed by atoms with Crippen molar-refractivity contribution in [2.45, 2.75) is 32.2 Å². The molecule has 0 aliphatic rings. The molecule has 0 aliphatic heterocycles. The van der Waals surface area contributed by atoms with E-state index in [2.05, 4.69) is 10.0 Å². The van der Waals surface area contributed by atoms with Crippen LogP contribution in [0.3, 0.4) is 0 Å². The van der Waals surface area contributed by atoms with E-state index in [1.807, 2.05) is 19.9 Å². The molecule has 0 unspecified atom stereocenters. The second-order valence-electron chi connectivity index (χ2n) is 7.63. The fraction of sp³-hybridized carbons (Fsp3) is 0.208. The number of hydrogen-bond donors (Lipinski definition) is 2. The second-order valence-corrected chi connectivity index (χ2v) is 10.2. The molecule has 1 amide bonds. The zero-order chi connectivity index (χ0) is 24.2. The smallest absolute Gasteiger partial charge is 0.261 e. The summed E-state index contributed by atoms with van der Waals surface area (Å²) >= 11 is 12.0. The molecule has 0 fully saturated rings. The normalized spacial score (nSPS) is 11.2. The summed E-state index contributed by atoms with van der Waals surface area (Å²) in [5.41, 5.74) is 3.89. The standard InChI is InChI=1S/C24H24Cl2N2O4S/c1-15-4-7-20(10-16(15)2)28-33(30,31)21-8-9-23(17(3)11-21)32-14-24(29)27-13-18-5-6-19(25)12-22(18)26/h4-12,28H,13-14H2,1-3H3,(H,27,29). The SMILES string of the molecule is Cc1ccc(NS(=O)(=O)c2ccc(OCC(=O)NCc3ccc(Cl)cc3Cl)c(C)c2)cc1C. The predicted molar refractivity (Wildman–Crippen MR) is 132 cm³/mol. The van der Waals surface area contributed by atoms with Crippen LogP contribution in [0.5, 0.6) is 5.75 Å². The Balaban J connectivity index is 1.60. The first kappa shape index (κ1) is 24.9. The van der Waals surface area contributed by atoms with Crippen molar-refractivity contribution in [3.8, 4) is 5.75 Å². The van der Waals surface area contributed by atoms with Crippen molar-refractivity contribution in [3.05, 3.63) is 86.9 Å². The summed E-state index contributed by atoms with van der Waals surface area (Å²) in [5.74, 6) is 0.0772. The fourth-order valence-corrected chi connectivity index (χ4v) is 4.63. The molecule has 3 aromatic rings. The summed E-state index contributed by atoms with van der Waals surface area (Å²) < 4.78 is 33.7. The number of anilines is 1. The number of hydrogen-bond acceptors (Lipinski definition) is 4. The molecule has 0 aliphatic carbocycles. The lowest BCUT2D eigenvalue weighted by Gasteiger charge is -2.13. The van der Waals surface area contributed by atoms with Crippen molar-refractivity contribution in [2.24, 2.45) is 0 Å². The molecule has 0 heterocycles. The van der Waals surface area contributed by atoms with Crippen molar-refractivity contribution in [2.75, 3.05) is 11.3 Å². The summed E-state index contributed by atoms with van der Waals surface area (Å²) in [6.45, 7) is 5.61. The van der Waals surface area contributed by atoms with Gasteiger partial charge in [0.15, 0.2) is 6.61 Å². The van der Waals surface area contributed by atoms with Crippen LogP contribution in [0.1, 0.15) is 22.3 Å². The average Bonchev–Trinajstić information content (AvgIpc) is 2.74. The molecule has 0 bridgehead atoms. The molecule has 0 saturated carbocycles. The van der Waals surface area contributed by atoms with Crippen molar-refractivity contribution in [1.29, 1.82) is 0 Å². The van der Waals surface area contributed by atoms with Gasteiger partial charge < -0.3 is 10.1 Å². The average molecular weight is 507 g/mol. The minimum atomic E-state index is -3.77. The first-order valence-electron chi connectivity index (χ1n) is 10.1. The Morgan fingerprint density at radius 3 is 2.33 bits per heavy atom. The molecular weight excluding hydrogens is 483 g/mol. The number of amides is 1. The zero-order valence-electron chi connectivity index (χ0n) is 18.4. The molecule has 0 radical (unpaired) electrons. The van der Waals surface area contributed by atoms with E-state index in [-0.39, 0.29) is 24.0 Å². The molecule has 6 nitrogen and oxygen atoms in total. The number of sulfonamides is 1. The number of carbonyl (C=O) groups is 1. The van der Waals surface area contributed by atoms with Gasteiger partial charge in [-0.3, -0.25) is 9.52 Å². The highest BCUT2D eigenvalue weighted by atomic mass is 35.5. The Kier molecular flexibility index (Phi) is 7.89. The molecule has 174 valence electrons. The second kappa shape index (κ2) is 10.5. The van der Waals surface area contributed by atoms with E-state index in [9.17, 15) is 13.2 Å². The van der Waals surface area contributed by atoms with Gasteiger partial charge in [0.05, 0.1) is 4.90 Å². The number of carbonyl (C=O) groups excluding carboxylic acids is 1. The van der Waals surface area contributed by atoms with Crippen molar-refractivity contribution in [3.63, 3.8) is 0 Å². The number of nitrogens with one attached hydrogen (secondary N) is 2. The first-order chi connectivity index (χ1) is 15.5. The van der Waals surface area contributed by atoms with Crippen LogP contribution in [-0.4, -0.2) is 20.9 Å². The Bertz CT molecular complexity index is 1290. The third-order valence-electron chi connectivity index (χ3n) is 5.07. The lowest BCUT2D eigenvalue weighted by atomic mass is 10.1. The Labute approximate surface area is 203 Å². The molecule has 3 rings (SSSR count). The van der Waals surface area contributed by atoms with Gasteiger partial charge in [-0.2, -0.15) is 0 Å². The van der Waals surface area contributed by atoms with Gasteiger partial charge in [0.1, 0.15) is 5.75 Å². The zero-order valence-corrected chi connectivity index (χ0v) is 20.7. The minimum Gasteiger partial charge on any atom is -0.484 e. The van der Waals surface area contributed by atoms with E-state index < -0.39 is 10.0 Å². The Morgan fingerprint density at radius 1 is 0.909 bits per heavy atom. The quantitative estimate of drug-likeness (QED) is 0.427. The highest BCUT2D eigenvalue weighted by molar-refractivity contribution is 7.92. The van der Waals surface area contributed by atoms with E-state index in [4.69, 9.17) is 27.9 Å². The summed E-state index contributed by atoms with van der Waals surface area (Å²) in [4.78, 5) is 12.3. The summed E-state index contributed by atoms with van der Waals surface area (Å²) in [5, 5.41) is 3.70. The van der Waals surface area contributed by atoms with Crippen molar-refractivity contribution in [1.82, 2.24) is 5.32 Å². The number of rotatable bonds is 8. The van der Waals surface area contributed by atoms with E-state index in [1.54, 1.807) is 37.3 Å². The van der Waals surface area contributed by atoms with E-state index in [1.165, 1.54) is 18.2 Å². The highest BCUT2D eigenvalue weighted by Crippen LogP contribution is 2.25. The van der Waals surface area contributed by atoms with Crippen molar-refractivity contribution >= 4 is 44.8 Å². The van der Waals surface area contributed by atoms with Crippen LogP contribution in [0.25, 0.3) is 0 Å². The van der Waals surface area contributed by atoms with Crippen molar-refractivity contribution < 1.29 is 17.9 Å². The Hall–Kier alpha value is -2.74. The fourth-order valence-electron chi connectivity index (χ4n) is 3.02. The minimum absolute atomic E-state index is 0.104. The monoisotopic (exact) mass is 506 g/mol.